The fourth-order valence-electron chi connectivity index (χ4n) is 2.46. The molecule has 0 bridgehead atoms. The van der Waals surface area contributed by atoms with E-state index in [9.17, 15) is 0 Å². The van der Waals surface area contributed by atoms with Gasteiger partial charge >= 0.3 is 0 Å². The van der Waals surface area contributed by atoms with Crippen molar-refractivity contribution < 1.29 is 4.42 Å². The Morgan fingerprint density at radius 3 is 2.58 bits per heavy atom. The second-order valence-electron chi connectivity index (χ2n) is 4.62. The highest BCUT2D eigenvalue weighted by atomic mass is 79.9. The summed E-state index contributed by atoms with van der Waals surface area (Å²) < 4.78 is 7.07. The molecule has 0 radical (unpaired) electrons. The predicted molar refractivity (Wildman–Crippen MR) is 81.4 cm³/mol. The molecule has 0 aromatic carbocycles. The largest absolute Gasteiger partial charge is 0.460 e. The number of hydrogen-bond acceptors (Lipinski definition) is 3. The van der Waals surface area contributed by atoms with Crippen LogP contribution in [0, 0.1) is 0 Å². The van der Waals surface area contributed by atoms with E-state index in [4.69, 9.17) is 16.0 Å². The van der Waals surface area contributed by atoms with E-state index in [1.54, 1.807) is 6.26 Å². The van der Waals surface area contributed by atoms with Crippen molar-refractivity contribution in [3.63, 3.8) is 0 Å². The van der Waals surface area contributed by atoms with Gasteiger partial charge in [0.25, 0.3) is 0 Å². The summed E-state index contributed by atoms with van der Waals surface area (Å²) in [7, 11) is 0. The van der Waals surface area contributed by atoms with Gasteiger partial charge in [0.2, 0.25) is 0 Å². The zero-order valence-corrected chi connectivity index (χ0v) is 13.9. The Bertz CT molecular complexity index is 609. The number of nitrogens with zero attached hydrogens (tertiary/aromatic N) is 2. The third-order valence-corrected chi connectivity index (χ3v) is 5.31. The molecule has 19 heavy (non-hydrogen) atoms. The molecule has 6 heteroatoms. The van der Waals surface area contributed by atoms with Crippen LogP contribution in [-0.4, -0.2) is 9.97 Å². The standard InChI is InChI=1S/C13H11Br2ClN2O/c14-8-5-6-19-11(8)13-17-10(7-3-1-2-4-7)9(15)12(16)18-13/h5-7H,1-4H2. The van der Waals surface area contributed by atoms with Crippen LogP contribution in [0.4, 0.5) is 0 Å². The predicted octanol–water partition coefficient (Wildman–Crippen LogP) is 5.57. The highest BCUT2D eigenvalue weighted by Gasteiger charge is 2.24. The summed E-state index contributed by atoms with van der Waals surface area (Å²) in [4.78, 5) is 8.94. The number of halogens is 3. The Morgan fingerprint density at radius 2 is 1.95 bits per heavy atom. The van der Waals surface area contributed by atoms with Crippen LogP contribution in [0.15, 0.2) is 25.7 Å². The van der Waals surface area contributed by atoms with E-state index in [0.717, 1.165) is 27.5 Å². The Balaban J connectivity index is 2.10. The third-order valence-electron chi connectivity index (χ3n) is 3.40. The molecule has 0 saturated heterocycles. The van der Waals surface area contributed by atoms with Crippen LogP contribution in [0.3, 0.4) is 0 Å². The molecule has 0 amide bonds. The van der Waals surface area contributed by atoms with Crippen molar-refractivity contribution in [1.82, 2.24) is 9.97 Å². The molecule has 0 aliphatic heterocycles. The molecule has 2 heterocycles. The molecular formula is C13H11Br2ClN2O. The lowest BCUT2D eigenvalue weighted by atomic mass is 10.0. The van der Waals surface area contributed by atoms with Crippen molar-refractivity contribution in [2.75, 3.05) is 0 Å². The Kier molecular flexibility index (Phi) is 3.96. The molecule has 1 fully saturated rings. The summed E-state index contributed by atoms with van der Waals surface area (Å²) in [6.07, 6.45) is 6.42. The van der Waals surface area contributed by atoms with Crippen LogP contribution in [-0.2, 0) is 0 Å². The van der Waals surface area contributed by atoms with Gasteiger partial charge in [-0.1, -0.05) is 24.4 Å². The van der Waals surface area contributed by atoms with Crippen molar-refractivity contribution in [2.24, 2.45) is 0 Å². The van der Waals surface area contributed by atoms with E-state index < -0.39 is 0 Å². The number of aromatic nitrogens is 2. The highest BCUT2D eigenvalue weighted by molar-refractivity contribution is 9.11. The molecule has 100 valence electrons. The summed E-state index contributed by atoms with van der Waals surface area (Å²) in [5.74, 6) is 1.61. The van der Waals surface area contributed by atoms with Crippen molar-refractivity contribution in [3.05, 3.63) is 32.1 Å². The molecule has 1 aliphatic rings. The minimum Gasteiger partial charge on any atom is -0.460 e. The number of hydrogen-bond donors (Lipinski definition) is 0. The van der Waals surface area contributed by atoms with Crippen LogP contribution in [0.5, 0.6) is 0 Å². The average molecular weight is 407 g/mol. The van der Waals surface area contributed by atoms with Gasteiger partial charge in [-0.05, 0) is 50.8 Å². The van der Waals surface area contributed by atoms with Crippen LogP contribution >= 0.6 is 43.5 Å². The first-order valence-electron chi connectivity index (χ1n) is 6.13. The number of furan rings is 1. The van der Waals surface area contributed by atoms with Crippen LogP contribution in [0.1, 0.15) is 37.3 Å². The molecule has 1 saturated carbocycles. The van der Waals surface area contributed by atoms with Crippen LogP contribution in [0.25, 0.3) is 11.6 Å². The van der Waals surface area contributed by atoms with Crippen molar-refractivity contribution in [2.45, 2.75) is 31.6 Å². The number of rotatable bonds is 2. The second-order valence-corrected chi connectivity index (χ2v) is 6.62. The molecule has 0 spiro atoms. The molecule has 2 aromatic rings. The van der Waals surface area contributed by atoms with E-state index in [1.165, 1.54) is 12.8 Å². The Labute approximate surface area is 133 Å². The van der Waals surface area contributed by atoms with E-state index in [0.29, 0.717) is 22.7 Å². The van der Waals surface area contributed by atoms with Crippen molar-refractivity contribution in [1.29, 1.82) is 0 Å². The Hall–Kier alpha value is -0.390. The lowest BCUT2D eigenvalue weighted by Crippen LogP contribution is -2.02. The minimum absolute atomic E-state index is 0.440. The van der Waals surface area contributed by atoms with Gasteiger partial charge < -0.3 is 4.42 Å². The van der Waals surface area contributed by atoms with Gasteiger partial charge in [0, 0.05) is 5.92 Å². The lowest BCUT2D eigenvalue weighted by molar-refractivity contribution is 0.574. The topological polar surface area (TPSA) is 38.9 Å². The zero-order valence-electron chi connectivity index (χ0n) is 10.00. The monoisotopic (exact) mass is 404 g/mol. The molecule has 0 atom stereocenters. The molecule has 0 N–H and O–H groups in total. The van der Waals surface area contributed by atoms with Crippen LogP contribution in [0.2, 0.25) is 5.15 Å². The van der Waals surface area contributed by atoms with Gasteiger partial charge in [-0.2, -0.15) is 0 Å². The summed E-state index contributed by atoms with van der Waals surface area (Å²) in [5, 5.41) is 0.440. The molecule has 2 aromatic heterocycles. The maximum atomic E-state index is 6.21. The van der Waals surface area contributed by atoms with Gasteiger partial charge in [0.05, 0.1) is 20.9 Å². The summed E-state index contributed by atoms with van der Waals surface area (Å²) in [5.41, 5.74) is 0.996. The van der Waals surface area contributed by atoms with Gasteiger partial charge in [0.1, 0.15) is 5.15 Å². The molecule has 3 rings (SSSR count). The molecule has 0 unspecified atom stereocenters. The molecule has 3 nitrogen and oxygen atoms in total. The third kappa shape index (κ3) is 2.60. The van der Waals surface area contributed by atoms with E-state index in [1.807, 2.05) is 6.07 Å². The fourth-order valence-corrected chi connectivity index (χ4v) is 3.52. The highest BCUT2D eigenvalue weighted by Crippen LogP contribution is 2.40. The van der Waals surface area contributed by atoms with Crippen molar-refractivity contribution >= 4 is 43.5 Å². The zero-order chi connectivity index (χ0) is 13.4. The fraction of sp³-hybridized carbons (Fsp3) is 0.385. The first kappa shape index (κ1) is 13.6. The van der Waals surface area contributed by atoms with Crippen LogP contribution < -0.4 is 0 Å². The van der Waals surface area contributed by atoms with Gasteiger partial charge in [-0.15, -0.1) is 0 Å². The average Bonchev–Trinajstić information content (AvgIpc) is 3.03. The maximum absolute atomic E-state index is 6.21. The smallest absolute Gasteiger partial charge is 0.198 e. The van der Waals surface area contributed by atoms with E-state index in [2.05, 4.69) is 41.8 Å². The summed E-state index contributed by atoms with van der Waals surface area (Å²) >= 11 is 13.1. The van der Waals surface area contributed by atoms with E-state index >= 15 is 0 Å². The molecule has 1 aliphatic carbocycles. The van der Waals surface area contributed by atoms with Gasteiger partial charge in [0.15, 0.2) is 11.6 Å². The van der Waals surface area contributed by atoms with Gasteiger partial charge in [-0.3, -0.25) is 0 Å². The quantitative estimate of drug-likeness (QED) is 0.612. The maximum Gasteiger partial charge on any atom is 0.198 e. The SMILES string of the molecule is Clc1nc(-c2occc2Br)nc(C2CCCC2)c1Br. The van der Waals surface area contributed by atoms with Gasteiger partial charge in [-0.25, -0.2) is 9.97 Å². The Morgan fingerprint density at radius 1 is 1.21 bits per heavy atom. The normalized spacial score (nSPS) is 16.2. The summed E-state index contributed by atoms with van der Waals surface area (Å²) in [6.45, 7) is 0. The minimum atomic E-state index is 0.440. The lowest BCUT2D eigenvalue weighted by Gasteiger charge is -2.12. The molecular weight excluding hydrogens is 395 g/mol. The first-order valence-corrected chi connectivity index (χ1v) is 8.09. The van der Waals surface area contributed by atoms with E-state index in [-0.39, 0.29) is 0 Å². The second kappa shape index (κ2) is 5.54. The first-order chi connectivity index (χ1) is 9.16. The van der Waals surface area contributed by atoms with Crippen molar-refractivity contribution in [3.8, 4) is 11.6 Å². The summed E-state index contributed by atoms with van der Waals surface area (Å²) in [6, 6.07) is 1.82.